The molecule has 22 heavy (non-hydrogen) atoms. The molecule has 1 fully saturated rings. The lowest BCUT2D eigenvalue weighted by Crippen LogP contribution is -2.46. The number of esters is 1. The number of carbonyl (C=O) groups is 2. The van der Waals surface area contributed by atoms with Crippen LogP contribution in [0.2, 0.25) is 0 Å². The van der Waals surface area contributed by atoms with E-state index in [4.69, 9.17) is 4.74 Å². The second kappa shape index (κ2) is 7.72. The van der Waals surface area contributed by atoms with Gasteiger partial charge >= 0.3 is 5.97 Å². The highest BCUT2D eigenvalue weighted by Crippen LogP contribution is 2.23. The summed E-state index contributed by atoms with van der Waals surface area (Å²) >= 11 is 3.25. The van der Waals surface area contributed by atoms with Crippen LogP contribution in [0.4, 0.5) is 0 Å². The molecular formula is C16H21BrN2O3. The van der Waals surface area contributed by atoms with Crippen molar-refractivity contribution in [3.8, 4) is 0 Å². The summed E-state index contributed by atoms with van der Waals surface area (Å²) in [5, 5.41) is 3.00. The van der Waals surface area contributed by atoms with Crippen molar-refractivity contribution >= 4 is 27.8 Å². The maximum atomic E-state index is 12.2. The van der Waals surface area contributed by atoms with E-state index in [1.165, 1.54) is 12.6 Å². The molecule has 2 rings (SSSR count). The average Bonchev–Trinajstić information content (AvgIpc) is 2.49. The number of rotatable bonds is 4. The van der Waals surface area contributed by atoms with Crippen LogP contribution in [0.15, 0.2) is 22.9 Å². The zero-order chi connectivity index (χ0) is 16.1. The number of ether oxygens (including phenoxy) is 1. The molecule has 0 saturated heterocycles. The van der Waals surface area contributed by atoms with Gasteiger partial charge in [0, 0.05) is 22.9 Å². The van der Waals surface area contributed by atoms with Gasteiger partial charge < -0.3 is 10.1 Å². The fourth-order valence-electron chi connectivity index (χ4n) is 2.64. The molecule has 1 saturated carbocycles. The van der Waals surface area contributed by atoms with Gasteiger partial charge in [-0.3, -0.25) is 9.78 Å². The lowest BCUT2D eigenvalue weighted by Gasteiger charge is -2.30. The van der Waals surface area contributed by atoms with E-state index in [9.17, 15) is 9.59 Å². The zero-order valence-corrected chi connectivity index (χ0v) is 14.4. The van der Waals surface area contributed by atoms with Crippen LogP contribution in [0.25, 0.3) is 0 Å². The van der Waals surface area contributed by atoms with Crippen LogP contribution in [0, 0.1) is 5.92 Å². The molecule has 6 heteroatoms. The quantitative estimate of drug-likeness (QED) is 0.829. The summed E-state index contributed by atoms with van der Waals surface area (Å²) in [6, 6.07) is 1.79. The molecular weight excluding hydrogens is 348 g/mol. The van der Waals surface area contributed by atoms with Crippen molar-refractivity contribution in [2.75, 3.05) is 0 Å². The number of halogens is 1. The Morgan fingerprint density at radius 1 is 1.36 bits per heavy atom. The Bertz CT molecular complexity index is 550. The van der Waals surface area contributed by atoms with Crippen LogP contribution >= 0.6 is 15.9 Å². The van der Waals surface area contributed by atoms with Crippen molar-refractivity contribution in [2.24, 2.45) is 5.92 Å². The highest BCUT2D eigenvalue weighted by molar-refractivity contribution is 9.10. The van der Waals surface area contributed by atoms with Crippen LogP contribution < -0.4 is 5.32 Å². The van der Waals surface area contributed by atoms with Gasteiger partial charge in [-0.05, 0) is 47.7 Å². The Morgan fingerprint density at radius 2 is 2.09 bits per heavy atom. The summed E-state index contributed by atoms with van der Waals surface area (Å²) in [6.45, 7) is 3.74. The van der Waals surface area contributed by atoms with Gasteiger partial charge in [0.15, 0.2) is 6.10 Å². The first-order valence-corrected chi connectivity index (χ1v) is 8.38. The smallest absolute Gasteiger partial charge is 0.340 e. The Morgan fingerprint density at radius 3 is 2.77 bits per heavy atom. The van der Waals surface area contributed by atoms with Crippen molar-refractivity contribution in [3.63, 3.8) is 0 Å². The average molecular weight is 369 g/mol. The van der Waals surface area contributed by atoms with Gasteiger partial charge in [-0.25, -0.2) is 4.79 Å². The van der Waals surface area contributed by atoms with Gasteiger partial charge in [-0.15, -0.1) is 0 Å². The molecule has 5 nitrogen and oxygen atoms in total. The van der Waals surface area contributed by atoms with E-state index < -0.39 is 12.1 Å². The number of pyridine rings is 1. The highest BCUT2D eigenvalue weighted by atomic mass is 79.9. The number of nitrogens with one attached hydrogen (secondary N) is 1. The molecule has 0 aliphatic heterocycles. The monoisotopic (exact) mass is 368 g/mol. The van der Waals surface area contributed by atoms with Gasteiger partial charge in [0.2, 0.25) is 0 Å². The maximum absolute atomic E-state index is 12.2. The fourth-order valence-corrected chi connectivity index (χ4v) is 3.00. The van der Waals surface area contributed by atoms with Crippen molar-refractivity contribution < 1.29 is 14.3 Å². The second-order valence-electron chi connectivity index (χ2n) is 5.82. The van der Waals surface area contributed by atoms with E-state index in [2.05, 4.69) is 33.2 Å². The Kier molecular flexibility index (Phi) is 5.94. The van der Waals surface area contributed by atoms with E-state index in [0.717, 1.165) is 19.3 Å². The molecule has 0 aromatic carbocycles. The van der Waals surface area contributed by atoms with Crippen molar-refractivity contribution in [3.05, 3.63) is 28.5 Å². The molecule has 1 heterocycles. The fraction of sp³-hybridized carbons (Fsp3) is 0.562. The minimum Gasteiger partial charge on any atom is -0.449 e. The molecule has 1 amide bonds. The van der Waals surface area contributed by atoms with Crippen molar-refractivity contribution in [2.45, 2.75) is 51.7 Å². The molecule has 1 aromatic rings. The zero-order valence-electron chi connectivity index (χ0n) is 12.8. The summed E-state index contributed by atoms with van der Waals surface area (Å²) in [5.41, 5.74) is 0.319. The number of aromatic nitrogens is 1. The normalized spacial score (nSPS) is 22.7. The Labute approximate surface area is 139 Å². The SMILES string of the molecule is C[C@H](OC(=O)c1cncc(Br)c1)C(=O)N[C@H]1CCCC[C@@H]1C. The topological polar surface area (TPSA) is 68.3 Å². The summed E-state index contributed by atoms with van der Waals surface area (Å²) < 4.78 is 5.91. The Hall–Kier alpha value is -1.43. The van der Waals surface area contributed by atoms with Crippen LogP contribution in [-0.4, -0.2) is 29.0 Å². The summed E-state index contributed by atoms with van der Waals surface area (Å²) in [5.74, 6) is -0.321. The molecule has 1 N–H and O–H groups in total. The van der Waals surface area contributed by atoms with Crippen LogP contribution in [0.5, 0.6) is 0 Å². The predicted molar refractivity (Wildman–Crippen MR) is 86.4 cm³/mol. The Balaban J connectivity index is 1.89. The van der Waals surface area contributed by atoms with E-state index in [-0.39, 0.29) is 11.9 Å². The molecule has 3 atom stereocenters. The minimum absolute atomic E-state index is 0.176. The van der Waals surface area contributed by atoms with E-state index in [1.807, 2.05) is 0 Å². The third kappa shape index (κ3) is 4.53. The van der Waals surface area contributed by atoms with E-state index in [1.54, 1.807) is 19.2 Å². The number of hydrogen-bond donors (Lipinski definition) is 1. The van der Waals surface area contributed by atoms with Gasteiger partial charge in [0.05, 0.1) is 5.56 Å². The third-order valence-corrected chi connectivity index (χ3v) is 4.47. The standard InChI is InChI=1S/C16H21BrN2O3/c1-10-5-3-4-6-14(10)19-15(20)11(2)22-16(21)12-7-13(17)9-18-8-12/h7-11,14H,3-6H2,1-2H3,(H,19,20)/t10-,11-,14-/m0/s1. The van der Waals surface area contributed by atoms with Crippen LogP contribution in [-0.2, 0) is 9.53 Å². The second-order valence-corrected chi connectivity index (χ2v) is 6.73. The lowest BCUT2D eigenvalue weighted by molar-refractivity contribution is -0.130. The van der Waals surface area contributed by atoms with Crippen molar-refractivity contribution in [1.29, 1.82) is 0 Å². The van der Waals surface area contributed by atoms with Gasteiger partial charge in [-0.2, -0.15) is 0 Å². The molecule has 0 radical (unpaired) electrons. The number of carbonyl (C=O) groups excluding carboxylic acids is 2. The first-order chi connectivity index (χ1) is 10.5. The summed E-state index contributed by atoms with van der Waals surface area (Å²) in [7, 11) is 0. The van der Waals surface area contributed by atoms with Gasteiger partial charge in [-0.1, -0.05) is 19.8 Å². The molecule has 120 valence electrons. The minimum atomic E-state index is -0.819. The van der Waals surface area contributed by atoms with E-state index in [0.29, 0.717) is 16.0 Å². The number of amides is 1. The van der Waals surface area contributed by atoms with Crippen LogP contribution in [0.1, 0.15) is 49.9 Å². The maximum Gasteiger partial charge on any atom is 0.340 e. The summed E-state index contributed by atoms with van der Waals surface area (Å²) in [4.78, 5) is 28.1. The van der Waals surface area contributed by atoms with Crippen molar-refractivity contribution in [1.82, 2.24) is 10.3 Å². The lowest BCUT2D eigenvalue weighted by atomic mass is 9.86. The third-order valence-electron chi connectivity index (χ3n) is 4.03. The number of hydrogen-bond acceptors (Lipinski definition) is 4. The largest absolute Gasteiger partial charge is 0.449 e. The number of nitrogens with zero attached hydrogens (tertiary/aromatic N) is 1. The first-order valence-electron chi connectivity index (χ1n) is 7.59. The molecule has 1 aliphatic carbocycles. The van der Waals surface area contributed by atoms with E-state index >= 15 is 0 Å². The van der Waals surface area contributed by atoms with Crippen LogP contribution in [0.3, 0.4) is 0 Å². The van der Waals surface area contributed by atoms with Gasteiger partial charge in [0.25, 0.3) is 5.91 Å². The molecule has 1 aliphatic rings. The van der Waals surface area contributed by atoms with Gasteiger partial charge in [0.1, 0.15) is 0 Å². The molecule has 0 spiro atoms. The molecule has 1 aromatic heterocycles. The molecule has 0 unspecified atom stereocenters. The predicted octanol–water partition coefficient (Wildman–Crippen LogP) is 3.08. The molecule has 0 bridgehead atoms. The summed E-state index contributed by atoms with van der Waals surface area (Å²) in [6.07, 6.45) is 6.64. The first kappa shape index (κ1) is 16.9. The highest BCUT2D eigenvalue weighted by Gasteiger charge is 2.26.